The van der Waals surface area contributed by atoms with Crippen molar-refractivity contribution in [1.29, 1.82) is 0 Å². The molecule has 2 N–H and O–H groups in total. The SMILES string of the molecule is CNC(=O)CCCn1ccc2c(CNC(C)C)cccc21. The van der Waals surface area contributed by atoms with E-state index in [4.69, 9.17) is 0 Å². The van der Waals surface area contributed by atoms with Crippen LogP contribution in [0.15, 0.2) is 30.5 Å². The van der Waals surface area contributed by atoms with E-state index < -0.39 is 0 Å². The Morgan fingerprint density at radius 3 is 2.81 bits per heavy atom. The Balaban J connectivity index is 2.09. The predicted molar refractivity (Wildman–Crippen MR) is 87.2 cm³/mol. The van der Waals surface area contributed by atoms with Gasteiger partial charge < -0.3 is 15.2 Å². The highest BCUT2D eigenvalue weighted by Gasteiger charge is 2.06. The maximum atomic E-state index is 11.3. The molecule has 1 aromatic carbocycles. The highest BCUT2D eigenvalue weighted by molar-refractivity contribution is 5.83. The van der Waals surface area contributed by atoms with Gasteiger partial charge >= 0.3 is 0 Å². The third-order valence-electron chi connectivity index (χ3n) is 3.69. The third kappa shape index (κ3) is 4.08. The Bertz CT molecular complexity index is 601. The average molecular weight is 287 g/mol. The Morgan fingerprint density at radius 2 is 2.10 bits per heavy atom. The first-order valence-electron chi connectivity index (χ1n) is 7.62. The molecule has 1 amide bonds. The van der Waals surface area contributed by atoms with Crippen molar-refractivity contribution in [2.75, 3.05) is 7.05 Å². The van der Waals surface area contributed by atoms with Crippen molar-refractivity contribution in [2.24, 2.45) is 0 Å². The second kappa shape index (κ2) is 7.27. The van der Waals surface area contributed by atoms with Crippen LogP contribution >= 0.6 is 0 Å². The van der Waals surface area contributed by atoms with Crippen LogP contribution in [-0.2, 0) is 17.9 Å². The lowest BCUT2D eigenvalue weighted by atomic mass is 10.1. The van der Waals surface area contributed by atoms with Crippen LogP contribution in [0.5, 0.6) is 0 Å². The summed E-state index contributed by atoms with van der Waals surface area (Å²) in [7, 11) is 1.68. The van der Waals surface area contributed by atoms with Gasteiger partial charge in [0.1, 0.15) is 0 Å². The maximum absolute atomic E-state index is 11.3. The van der Waals surface area contributed by atoms with Gasteiger partial charge in [0.25, 0.3) is 0 Å². The summed E-state index contributed by atoms with van der Waals surface area (Å²) in [5.41, 5.74) is 2.57. The van der Waals surface area contributed by atoms with E-state index in [1.807, 2.05) is 0 Å². The minimum absolute atomic E-state index is 0.105. The van der Waals surface area contributed by atoms with Crippen LogP contribution < -0.4 is 10.6 Å². The highest BCUT2D eigenvalue weighted by Crippen LogP contribution is 2.21. The minimum atomic E-state index is 0.105. The minimum Gasteiger partial charge on any atom is -0.359 e. The molecule has 1 heterocycles. The molecular weight excluding hydrogens is 262 g/mol. The number of rotatable bonds is 7. The quantitative estimate of drug-likeness (QED) is 0.822. The lowest BCUT2D eigenvalue weighted by Gasteiger charge is -2.10. The second-order valence-corrected chi connectivity index (χ2v) is 5.67. The molecule has 21 heavy (non-hydrogen) atoms. The van der Waals surface area contributed by atoms with Crippen LogP contribution in [0, 0.1) is 0 Å². The van der Waals surface area contributed by atoms with Crippen molar-refractivity contribution in [3.05, 3.63) is 36.0 Å². The molecule has 4 heteroatoms. The van der Waals surface area contributed by atoms with Crippen molar-refractivity contribution in [1.82, 2.24) is 15.2 Å². The smallest absolute Gasteiger partial charge is 0.219 e. The number of aryl methyl sites for hydroxylation is 1. The molecule has 2 rings (SSSR count). The molecule has 0 unspecified atom stereocenters. The zero-order valence-corrected chi connectivity index (χ0v) is 13.1. The molecule has 2 aromatic rings. The summed E-state index contributed by atoms with van der Waals surface area (Å²) in [4.78, 5) is 11.3. The monoisotopic (exact) mass is 287 g/mol. The number of amides is 1. The van der Waals surface area contributed by atoms with Gasteiger partial charge in [-0.25, -0.2) is 0 Å². The molecule has 114 valence electrons. The summed E-state index contributed by atoms with van der Waals surface area (Å²) in [6.45, 7) is 6.07. The van der Waals surface area contributed by atoms with Crippen LogP contribution in [-0.4, -0.2) is 23.6 Å². The largest absolute Gasteiger partial charge is 0.359 e. The van der Waals surface area contributed by atoms with E-state index in [9.17, 15) is 4.79 Å². The first-order valence-corrected chi connectivity index (χ1v) is 7.62. The number of aromatic nitrogens is 1. The number of benzene rings is 1. The summed E-state index contributed by atoms with van der Waals surface area (Å²) in [5, 5.41) is 7.43. The van der Waals surface area contributed by atoms with Gasteiger partial charge in [-0.15, -0.1) is 0 Å². The maximum Gasteiger partial charge on any atom is 0.219 e. The molecule has 0 bridgehead atoms. The molecule has 0 saturated carbocycles. The Hall–Kier alpha value is -1.81. The predicted octanol–water partition coefficient (Wildman–Crippen LogP) is 2.67. The number of hydrogen-bond donors (Lipinski definition) is 2. The van der Waals surface area contributed by atoms with Gasteiger partial charge in [0.2, 0.25) is 5.91 Å². The third-order valence-corrected chi connectivity index (χ3v) is 3.69. The highest BCUT2D eigenvalue weighted by atomic mass is 16.1. The van der Waals surface area contributed by atoms with Crippen molar-refractivity contribution >= 4 is 16.8 Å². The molecule has 4 nitrogen and oxygen atoms in total. The summed E-state index contributed by atoms with van der Waals surface area (Å²) in [5.74, 6) is 0.105. The van der Waals surface area contributed by atoms with Crippen LogP contribution in [0.1, 0.15) is 32.3 Å². The van der Waals surface area contributed by atoms with E-state index in [0.717, 1.165) is 19.5 Å². The van der Waals surface area contributed by atoms with Crippen LogP contribution in [0.2, 0.25) is 0 Å². The lowest BCUT2D eigenvalue weighted by molar-refractivity contribution is -0.120. The van der Waals surface area contributed by atoms with Crippen molar-refractivity contribution in [3.63, 3.8) is 0 Å². The van der Waals surface area contributed by atoms with Gasteiger partial charge in [0.05, 0.1) is 0 Å². The van der Waals surface area contributed by atoms with E-state index in [-0.39, 0.29) is 5.91 Å². The average Bonchev–Trinajstić information content (AvgIpc) is 2.88. The van der Waals surface area contributed by atoms with E-state index in [2.05, 4.69) is 59.5 Å². The second-order valence-electron chi connectivity index (χ2n) is 5.67. The fourth-order valence-corrected chi connectivity index (χ4v) is 2.49. The molecule has 0 fully saturated rings. The number of nitrogens with one attached hydrogen (secondary N) is 2. The first-order chi connectivity index (χ1) is 10.1. The number of hydrogen-bond acceptors (Lipinski definition) is 2. The van der Waals surface area contributed by atoms with Crippen LogP contribution in [0.25, 0.3) is 10.9 Å². The zero-order chi connectivity index (χ0) is 15.2. The number of carbonyl (C=O) groups is 1. The Kier molecular flexibility index (Phi) is 5.39. The molecule has 0 saturated heterocycles. The van der Waals surface area contributed by atoms with Gasteiger partial charge in [0, 0.05) is 49.7 Å². The van der Waals surface area contributed by atoms with Crippen LogP contribution in [0.3, 0.4) is 0 Å². The first kappa shape index (κ1) is 15.6. The fraction of sp³-hybridized carbons (Fsp3) is 0.471. The van der Waals surface area contributed by atoms with E-state index >= 15 is 0 Å². The van der Waals surface area contributed by atoms with Gasteiger partial charge in [-0.3, -0.25) is 4.79 Å². The van der Waals surface area contributed by atoms with Crippen molar-refractivity contribution in [2.45, 2.75) is 45.8 Å². The van der Waals surface area contributed by atoms with Crippen molar-refractivity contribution in [3.8, 4) is 0 Å². The molecule has 0 spiro atoms. The van der Waals surface area contributed by atoms with Gasteiger partial charge in [-0.2, -0.15) is 0 Å². The Labute approximate surface area is 126 Å². The normalized spacial score (nSPS) is 11.2. The van der Waals surface area contributed by atoms with Crippen molar-refractivity contribution < 1.29 is 4.79 Å². The summed E-state index contributed by atoms with van der Waals surface area (Å²) in [6, 6.07) is 9.08. The standard InChI is InChI=1S/C17H25N3O/c1-13(2)19-12-14-6-4-7-16-15(14)9-11-20(16)10-5-8-17(21)18-3/h4,6-7,9,11,13,19H,5,8,10,12H2,1-3H3,(H,18,21). The molecular formula is C17H25N3O. The summed E-state index contributed by atoms with van der Waals surface area (Å²) in [6.07, 6.45) is 3.55. The molecule has 0 atom stereocenters. The van der Waals surface area contributed by atoms with E-state index in [0.29, 0.717) is 12.5 Å². The number of fused-ring (bicyclic) bond motifs is 1. The number of carbonyl (C=O) groups excluding carboxylic acids is 1. The van der Waals surface area contributed by atoms with E-state index in [1.54, 1.807) is 7.05 Å². The van der Waals surface area contributed by atoms with Crippen LogP contribution in [0.4, 0.5) is 0 Å². The summed E-state index contributed by atoms with van der Waals surface area (Å²) < 4.78 is 2.23. The van der Waals surface area contributed by atoms with Gasteiger partial charge in [-0.1, -0.05) is 26.0 Å². The van der Waals surface area contributed by atoms with E-state index in [1.165, 1.54) is 16.5 Å². The molecule has 0 aliphatic heterocycles. The zero-order valence-electron chi connectivity index (χ0n) is 13.1. The molecule has 1 aromatic heterocycles. The molecule has 0 aliphatic rings. The Morgan fingerprint density at radius 1 is 1.29 bits per heavy atom. The van der Waals surface area contributed by atoms with Gasteiger partial charge in [0.15, 0.2) is 0 Å². The summed E-state index contributed by atoms with van der Waals surface area (Å²) >= 11 is 0. The molecule has 0 aliphatic carbocycles. The number of nitrogens with zero attached hydrogens (tertiary/aromatic N) is 1. The lowest BCUT2D eigenvalue weighted by Crippen LogP contribution is -2.21. The fourth-order valence-electron chi connectivity index (χ4n) is 2.49. The topological polar surface area (TPSA) is 46.1 Å². The van der Waals surface area contributed by atoms with Gasteiger partial charge in [-0.05, 0) is 24.1 Å². The molecule has 0 radical (unpaired) electrons.